The molecule has 2 N–H and O–H groups in total. The average molecular weight is 299 g/mol. The summed E-state index contributed by atoms with van der Waals surface area (Å²) in [7, 11) is 0. The summed E-state index contributed by atoms with van der Waals surface area (Å²) < 4.78 is 0.955. The predicted octanol–water partition coefficient (Wildman–Crippen LogP) is 3.15. The van der Waals surface area contributed by atoms with Gasteiger partial charge in [0.15, 0.2) is 0 Å². The van der Waals surface area contributed by atoms with E-state index in [4.69, 9.17) is 5.21 Å². The molecule has 0 aromatic heterocycles. The Labute approximate surface area is 109 Å². The number of carbonyl (C=O) groups is 1. The van der Waals surface area contributed by atoms with E-state index >= 15 is 0 Å². The van der Waals surface area contributed by atoms with E-state index in [9.17, 15) is 4.79 Å². The highest BCUT2D eigenvalue weighted by atomic mass is 79.9. The van der Waals surface area contributed by atoms with Gasteiger partial charge in [-0.25, -0.2) is 0 Å². The summed E-state index contributed by atoms with van der Waals surface area (Å²) >= 11 is 3.41. The minimum absolute atomic E-state index is 0.0945. The molecule has 0 spiro atoms. The Hall–Kier alpha value is -1.36. The van der Waals surface area contributed by atoms with Crippen molar-refractivity contribution in [3.8, 4) is 0 Å². The van der Waals surface area contributed by atoms with E-state index in [1.807, 2.05) is 18.2 Å². The van der Waals surface area contributed by atoms with E-state index in [1.54, 1.807) is 0 Å². The largest absolute Gasteiger partial charge is 0.411 e. The summed E-state index contributed by atoms with van der Waals surface area (Å²) in [6, 6.07) is 5.63. The maximum Gasteiger partial charge on any atom is 0.270 e. The molecule has 0 aliphatic heterocycles. The standard InChI is InChI=1S/C12H15BrN2O2/c1-12(2,3)9-6-8(13)4-5-10(9)15-11(16)7-14-17/h4-7,17H,1-3H3,(H,15,16). The van der Waals surface area contributed by atoms with Crippen LogP contribution in [0.25, 0.3) is 0 Å². The van der Waals surface area contributed by atoms with E-state index in [1.165, 1.54) is 0 Å². The fraction of sp³-hybridized carbons (Fsp3) is 0.333. The third-order valence-electron chi connectivity index (χ3n) is 2.22. The van der Waals surface area contributed by atoms with Gasteiger partial charge < -0.3 is 10.5 Å². The Bertz CT molecular complexity index is 450. The zero-order valence-corrected chi connectivity index (χ0v) is 11.6. The number of nitrogens with zero attached hydrogens (tertiary/aromatic N) is 1. The van der Waals surface area contributed by atoms with Gasteiger partial charge >= 0.3 is 0 Å². The highest BCUT2D eigenvalue weighted by Crippen LogP contribution is 2.31. The molecule has 1 aromatic carbocycles. The quantitative estimate of drug-likeness (QED) is 0.500. The normalized spacial score (nSPS) is 11.8. The van der Waals surface area contributed by atoms with Crippen LogP contribution in [0.4, 0.5) is 5.69 Å². The molecule has 17 heavy (non-hydrogen) atoms. The molecule has 0 radical (unpaired) electrons. The lowest BCUT2D eigenvalue weighted by atomic mass is 9.86. The van der Waals surface area contributed by atoms with Crippen LogP contribution in [0, 0.1) is 0 Å². The van der Waals surface area contributed by atoms with Crippen molar-refractivity contribution in [2.45, 2.75) is 26.2 Å². The summed E-state index contributed by atoms with van der Waals surface area (Å²) in [4.78, 5) is 11.3. The smallest absolute Gasteiger partial charge is 0.270 e. The fourth-order valence-electron chi connectivity index (χ4n) is 1.46. The van der Waals surface area contributed by atoms with Crippen LogP contribution in [0.5, 0.6) is 0 Å². The zero-order chi connectivity index (χ0) is 13.1. The SMILES string of the molecule is CC(C)(C)c1cc(Br)ccc1NC(=O)C=NO. The Morgan fingerprint density at radius 2 is 2.12 bits per heavy atom. The molecule has 0 atom stereocenters. The third-order valence-corrected chi connectivity index (χ3v) is 2.72. The first kappa shape index (κ1) is 13.7. The lowest BCUT2D eigenvalue weighted by molar-refractivity contribution is -0.110. The average Bonchev–Trinajstić information content (AvgIpc) is 2.19. The van der Waals surface area contributed by atoms with E-state index in [2.05, 4.69) is 47.2 Å². The van der Waals surface area contributed by atoms with Crippen LogP contribution in [-0.2, 0) is 10.2 Å². The molecule has 1 aromatic rings. The molecule has 0 unspecified atom stereocenters. The fourth-order valence-corrected chi connectivity index (χ4v) is 1.82. The first-order valence-corrected chi connectivity index (χ1v) is 5.92. The molecule has 0 aliphatic rings. The highest BCUT2D eigenvalue weighted by molar-refractivity contribution is 9.10. The van der Waals surface area contributed by atoms with Crippen molar-refractivity contribution < 1.29 is 10.0 Å². The van der Waals surface area contributed by atoms with Gasteiger partial charge in [-0.3, -0.25) is 4.79 Å². The number of amides is 1. The minimum atomic E-state index is -0.458. The van der Waals surface area contributed by atoms with Gasteiger partial charge in [-0.1, -0.05) is 41.9 Å². The van der Waals surface area contributed by atoms with E-state index in [-0.39, 0.29) is 5.41 Å². The summed E-state index contributed by atoms with van der Waals surface area (Å²) in [6.07, 6.45) is 0.828. The topological polar surface area (TPSA) is 61.7 Å². The Balaban J connectivity index is 3.11. The number of anilines is 1. The molecular weight excluding hydrogens is 284 g/mol. The van der Waals surface area contributed by atoms with Crippen LogP contribution in [0.2, 0.25) is 0 Å². The summed E-state index contributed by atoms with van der Waals surface area (Å²) in [5.41, 5.74) is 1.63. The molecule has 5 heteroatoms. The number of hydrogen-bond acceptors (Lipinski definition) is 3. The highest BCUT2D eigenvalue weighted by Gasteiger charge is 2.19. The molecule has 92 valence electrons. The first-order valence-electron chi connectivity index (χ1n) is 5.13. The number of benzene rings is 1. The maximum atomic E-state index is 11.3. The van der Waals surface area contributed by atoms with Crippen LogP contribution in [0.15, 0.2) is 27.8 Å². The first-order chi connectivity index (χ1) is 7.84. The number of nitrogens with one attached hydrogen (secondary N) is 1. The molecule has 0 fully saturated rings. The molecular formula is C12H15BrN2O2. The van der Waals surface area contributed by atoms with Crippen molar-refractivity contribution in [2.24, 2.45) is 5.16 Å². The van der Waals surface area contributed by atoms with Gasteiger partial charge in [0.05, 0.1) is 0 Å². The minimum Gasteiger partial charge on any atom is -0.411 e. The summed E-state index contributed by atoms with van der Waals surface area (Å²) in [5.74, 6) is -0.458. The lowest BCUT2D eigenvalue weighted by Gasteiger charge is -2.23. The number of carbonyl (C=O) groups excluding carboxylic acids is 1. The van der Waals surface area contributed by atoms with Gasteiger partial charge in [-0.2, -0.15) is 0 Å². The van der Waals surface area contributed by atoms with Crippen LogP contribution in [0.3, 0.4) is 0 Å². The van der Waals surface area contributed by atoms with Gasteiger partial charge in [0.2, 0.25) is 0 Å². The molecule has 4 nitrogen and oxygen atoms in total. The van der Waals surface area contributed by atoms with Crippen LogP contribution < -0.4 is 5.32 Å². The van der Waals surface area contributed by atoms with E-state index in [0.29, 0.717) is 5.69 Å². The van der Waals surface area contributed by atoms with Crippen LogP contribution in [-0.4, -0.2) is 17.3 Å². The second kappa shape index (κ2) is 5.31. The van der Waals surface area contributed by atoms with Crippen LogP contribution in [0.1, 0.15) is 26.3 Å². The van der Waals surface area contributed by atoms with Gasteiger partial charge in [-0.15, -0.1) is 0 Å². The van der Waals surface area contributed by atoms with Gasteiger partial charge in [0, 0.05) is 10.2 Å². The lowest BCUT2D eigenvalue weighted by Crippen LogP contribution is -2.19. The summed E-state index contributed by atoms with van der Waals surface area (Å²) in [6.45, 7) is 6.18. The maximum absolute atomic E-state index is 11.3. The number of rotatable bonds is 2. The monoisotopic (exact) mass is 298 g/mol. The van der Waals surface area contributed by atoms with Crippen LogP contribution >= 0.6 is 15.9 Å². The molecule has 0 saturated carbocycles. The summed E-state index contributed by atoms with van der Waals surface area (Å²) in [5, 5.41) is 13.7. The third kappa shape index (κ3) is 3.85. The Morgan fingerprint density at radius 3 is 2.65 bits per heavy atom. The second-order valence-electron chi connectivity index (χ2n) is 4.67. The van der Waals surface area contributed by atoms with Crippen molar-refractivity contribution in [3.05, 3.63) is 28.2 Å². The van der Waals surface area contributed by atoms with Gasteiger partial charge in [0.1, 0.15) is 6.21 Å². The van der Waals surface area contributed by atoms with Crippen molar-refractivity contribution in [1.29, 1.82) is 0 Å². The second-order valence-corrected chi connectivity index (χ2v) is 5.59. The molecule has 0 bridgehead atoms. The predicted molar refractivity (Wildman–Crippen MR) is 71.8 cm³/mol. The van der Waals surface area contributed by atoms with Gasteiger partial charge in [0.25, 0.3) is 5.91 Å². The molecule has 0 heterocycles. The van der Waals surface area contributed by atoms with Crippen molar-refractivity contribution in [3.63, 3.8) is 0 Å². The zero-order valence-electron chi connectivity index (χ0n) is 9.99. The van der Waals surface area contributed by atoms with Crippen molar-refractivity contribution >= 4 is 33.7 Å². The number of oxime groups is 1. The molecule has 1 rings (SSSR count). The van der Waals surface area contributed by atoms with Crippen molar-refractivity contribution in [2.75, 3.05) is 5.32 Å². The molecule has 0 saturated heterocycles. The van der Waals surface area contributed by atoms with E-state index in [0.717, 1.165) is 16.3 Å². The number of halogens is 1. The molecule has 0 aliphatic carbocycles. The Morgan fingerprint density at radius 1 is 1.47 bits per heavy atom. The molecule has 1 amide bonds. The number of hydrogen-bond donors (Lipinski definition) is 2. The van der Waals surface area contributed by atoms with Gasteiger partial charge in [-0.05, 0) is 29.2 Å². The van der Waals surface area contributed by atoms with Crippen molar-refractivity contribution in [1.82, 2.24) is 0 Å². The Kier molecular flexibility index (Phi) is 4.28. The van der Waals surface area contributed by atoms with E-state index < -0.39 is 5.91 Å².